The van der Waals surface area contributed by atoms with Crippen LogP contribution in [0.15, 0.2) is 51.8 Å². The van der Waals surface area contributed by atoms with Crippen molar-refractivity contribution in [1.82, 2.24) is 4.98 Å². The standard InChI is InChI=1S/C18H16N2O4/c21-11-14-2-4-17(24-14)15-9-13(18-10-19-12-23-18)1-3-16(15)20-5-7-22-8-6-20/h1-4,9-12H,5-8H2. The molecule has 4 rings (SSSR count). The van der Waals surface area contributed by atoms with Crippen LogP contribution >= 0.6 is 0 Å². The topological polar surface area (TPSA) is 68.7 Å². The molecular formula is C18H16N2O4. The number of benzene rings is 1. The summed E-state index contributed by atoms with van der Waals surface area (Å²) in [7, 11) is 0. The van der Waals surface area contributed by atoms with Gasteiger partial charge in [0.1, 0.15) is 5.76 Å². The lowest BCUT2D eigenvalue weighted by molar-refractivity contribution is 0.110. The van der Waals surface area contributed by atoms with Crippen molar-refractivity contribution < 1.29 is 18.4 Å². The Morgan fingerprint density at radius 1 is 1.08 bits per heavy atom. The SMILES string of the molecule is O=Cc1ccc(-c2cc(-c3cnco3)ccc2N2CCOCC2)o1. The zero-order chi connectivity index (χ0) is 16.4. The third-order valence-electron chi connectivity index (χ3n) is 4.07. The van der Waals surface area contributed by atoms with E-state index in [1.807, 2.05) is 24.3 Å². The molecule has 6 nitrogen and oxygen atoms in total. The molecule has 0 aliphatic carbocycles. The largest absolute Gasteiger partial charge is 0.453 e. The average molecular weight is 324 g/mol. The third kappa shape index (κ3) is 2.72. The number of oxazole rings is 1. The van der Waals surface area contributed by atoms with E-state index in [-0.39, 0.29) is 0 Å². The minimum absolute atomic E-state index is 0.308. The molecule has 0 unspecified atom stereocenters. The van der Waals surface area contributed by atoms with E-state index in [4.69, 9.17) is 13.6 Å². The first-order chi connectivity index (χ1) is 11.8. The van der Waals surface area contributed by atoms with Crippen molar-refractivity contribution in [3.8, 4) is 22.6 Å². The first-order valence-corrected chi connectivity index (χ1v) is 7.76. The molecule has 1 aromatic carbocycles. The van der Waals surface area contributed by atoms with Crippen molar-refractivity contribution in [2.75, 3.05) is 31.2 Å². The van der Waals surface area contributed by atoms with Crippen molar-refractivity contribution in [2.24, 2.45) is 0 Å². The first-order valence-electron chi connectivity index (χ1n) is 7.76. The molecule has 3 heterocycles. The van der Waals surface area contributed by atoms with E-state index in [1.54, 1.807) is 12.3 Å². The zero-order valence-electron chi connectivity index (χ0n) is 13.0. The van der Waals surface area contributed by atoms with Gasteiger partial charge in [-0.3, -0.25) is 4.79 Å². The molecule has 0 bridgehead atoms. The number of aldehydes is 1. The number of anilines is 1. The molecule has 0 spiro atoms. The third-order valence-corrected chi connectivity index (χ3v) is 4.07. The van der Waals surface area contributed by atoms with Crippen molar-refractivity contribution in [2.45, 2.75) is 0 Å². The molecule has 2 aromatic heterocycles. The summed E-state index contributed by atoms with van der Waals surface area (Å²) in [5.74, 6) is 1.65. The summed E-state index contributed by atoms with van der Waals surface area (Å²) in [5, 5.41) is 0. The Kier molecular flexibility index (Phi) is 3.88. The maximum absolute atomic E-state index is 10.9. The molecule has 1 saturated heterocycles. The van der Waals surface area contributed by atoms with E-state index in [1.165, 1.54) is 6.39 Å². The molecule has 24 heavy (non-hydrogen) atoms. The number of morpholine rings is 1. The van der Waals surface area contributed by atoms with Crippen molar-refractivity contribution in [3.63, 3.8) is 0 Å². The van der Waals surface area contributed by atoms with Crippen LogP contribution in [0.2, 0.25) is 0 Å². The normalized spacial score (nSPS) is 14.8. The summed E-state index contributed by atoms with van der Waals surface area (Å²) in [4.78, 5) is 17.2. The molecule has 0 N–H and O–H groups in total. The average Bonchev–Trinajstić information content (AvgIpc) is 3.34. The van der Waals surface area contributed by atoms with Crippen LogP contribution < -0.4 is 4.90 Å². The number of carbonyl (C=O) groups is 1. The summed E-state index contributed by atoms with van der Waals surface area (Å²) in [5.41, 5.74) is 2.87. The number of ether oxygens (including phenoxy) is 1. The Labute approximate surface area is 138 Å². The fourth-order valence-electron chi connectivity index (χ4n) is 2.89. The van der Waals surface area contributed by atoms with Crippen LogP contribution in [0.4, 0.5) is 5.69 Å². The van der Waals surface area contributed by atoms with E-state index in [2.05, 4.69) is 9.88 Å². The Hall–Kier alpha value is -2.86. The Morgan fingerprint density at radius 2 is 1.96 bits per heavy atom. The van der Waals surface area contributed by atoms with E-state index < -0.39 is 0 Å². The van der Waals surface area contributed by atoms with Gasteiger partial charge >= 0.3 is 0 Å². The van der Waals surface area contributed by atoms with Crippen LogP contribution in [0.25, 0.3) is 22.6 Å². The van der Waals surface area contributed by atoms with Crippen LogP contribution in [-0.2, 0) is 4.74 Å². The fourth-order valence-corrected chi connectivity index (χ4v) is 2.89. The molecule has 0 radical (unpaired) electrons. The molecule has 6 heteroatoms. The number of nitrogens with zero attached hydrogens (tertiary/aromatic N) is 2. The molecule has 0 amide bonds. The summed E-state index contributed by atoms with van der Waals surface area (Å²) in [6, 6.07) is 9.53. The Balaban J connectivity index is 1.81. The first kappa shape index (κ1) is 14.7. The molecule has 0 atom stereocenters. The number of aromatic nitrogens is 1. The molecule has 1 aliphatic rings. The van der Waals surface area contributed by atoms with Gasteiger partial charge in [-0.1, -0.05) is 0 Å². The van der Waals surface area contributed by atoms with Gasteiger partial charge in [0, 0.05) is 29.9 Å². The lowest BCUT2D eigenvalue weighted by atomic mass is 10.0. The Bertz CT molecular complexity index is 833. The summed E-state index contributed by atoms with van der Waals surface area (Å²) >= 11 is 0. The molecule has 1 fully saturated rings. The lowest BCUT2D eigenvalue weighted by Gasteiger charge is -2.30. The number of carbonyl (C=O) groups excluding carboxylic acids is 1. The number of hydrogen-bond acceptors (Lipinski definition) is 6. The van der Waals surface area contributed by atoms with Gasteiger partial charge in [-0.2, -0.15) is 0 Å². The smallest absolute Gasteiger partial charge is 0.185 e. The summed E-state index contributed by atoms with van der Waals surface area (Å²) < 4.78 is 16.5. The van der Waals surface area contributed by atoms with Gasteiger partial charge in [-0.15, -0.1) is 0 Å². The lowest BCUT2D eigenvalue weighted by Crippen LogP contribution is -2.36. The van der Waals surface area contributed by atoms with Gasteiger partial charge in [0.2, 0.25) is 0 Å². The van der Waals surface area contributed by atoms with E-state index in [0.29, 0.717) is 36.8 Å². The van der Waals surface area contributed by atoms with Crippen molar-refractivity contribution in [3.05, 3.63) is 48.7 Å². The molecule has 0 saturated carbocycles. The zero-order valence-corrected chi connectivity index (χ0v) is 13.0. The second-order valence-corrected chi connectivity index (χ2v) is 5.52. The molecule has 122 valence electrons. The second-order valence-electron chi connectivity index (χ2n) is 5.52. The fraction of sp³-hybridized carbons (Fsp3) is 0.222. The second kappa shape index (κ2) is 6.33. The highest BCUT2D eigenvalue weighted by Gasteiger charge is 2.19. The molecule has 1 aliphatic heterocycles. The van der Waals surface area contributed by atoms with Gasteiger partial charge < -0.3 is 18.5 Å². The van der Waals surface area contributed by atoms with Crippen LogP contribution in [-0.4, -0.2) is 37.6 Å². The summed E-state index contributed by atoms with van der Waals surface area (Å²) in [6.07, 6.45) is 3.78. The van der Waals surface area contributed by atoms with Gasteiger partial charge in [0.25, 0.3) is 0 Å². The Morgan fingerprint density at radius 3 is 2.67 bits per heavy atom. The minimum atomic E-state index is 0.308. The van der Waals surface area contributed by atoms with Crippen molar-refractivity contribution in [1.29, 1.82) is 0 Å². The maximum Gasteiger partial charge on any atom is 0.185 e. The number of rotatable bonds is 4. The quantitative estimate of drug-likeness (QED) is 0.686. The van der Waals surface area contributed by atoms with Crippen molar-refractivity contribution >= 4 is 12.0 Å². The number of hydrogen-bond donors (Lipinski definition) is 0. The van der Waals surface area contributed by atoms with E-state index in [9.17, 15) is 4.79 Å². The van der Waals surface area contributed by atoms with Gasteiger partial charge in [0.15, 0.2) is 24.2 Å². The molecular weight excluding hydrogens is 308 g/mol. The predicted molar refractivity (Wildman–Crippen MR) is 88.1 cm³/mol. The van der Waals surface area contributed by atoms with Crippen LogP contribution in [0, 0.1) is 0 Å². The van der Waals surface area contributed by atoms with Crippen LogP contribution in [0.1, 0.15) is 10.6 Å². The highest BCUT2D eigenvalue weighted by Crippen LogP contribution is 2.36. The number of furan rings is 1. The van der Waals surface area contributed by atoms with E-state index >= 15 is 0 Å². The highest BCUT2D eigenvalue weighted by molar-refractivity contribution is 5.82. The highest BCUT2D eigenvalue weighted by atomic mass is 16.5. The summed E-state index contributed by atoms with van der Waals surface area (Å²) in [6.45, 7) is 3.02. The van der Waals surface area contributed by atoms with E-state index in [0.717, 1.165) is 29.9 Å². The van der Waals surface area contributed by atoms with Crippen LogP contribution in [0.5, 0.6) is 0 Å². The molecule has 3 aromatic rings. The van der Waals surface area contributed by atoms with Crippen LogP contribution in [0.3, 0.4) is 0 Å². The maximum atomic E-state index is 10.9. The van der Waals surface area contributed by atoms with Gasteiger partial charge in [-0.05, 0) is 30.3 Å². The monoisotopic (exact) mass is 324 g/mol. The predicted octanol–water partition coefficient (Wildman–Crippen LogP) is 3.25. The van der Waals surface area contributed by atoms with Gasteiger partial charge in [-0.25, -0.2) is 4.98 Å². The minimum Gasteiger partial charge on any atom is -0.453 e. The van der Waals surface area contributed by atoms with Gasteiger partial charge in [0.05, 0.1) is 19.4 Å².